The van der Waals surface area contributed by atoms with Crippen LogP contribution in [0, 0.1) is 0 Å². The first-order valence-electron chi connectivity index (χ1n) is 7.54. The van der Waals surface area contributed by atoms with E-state index in [2.05, 4.69) is 0 Å². The second-order valence-corrected chi connectivity index (χ2v) is 5.64. The average molecular weight is 325 g/mol. The van der Waals surface area contributed by atoms with Gasteiger partial charge in [-0.15, -0.1) is 0 Å². The van der Waals surface area contributed by atoms with Crippen molar-refractivity contribution in [3.8, 4) is 5.75 Å². The summed E-state index contributed by atoms with van der Waals surface area (Å²) in [6.07, 6.45) is 1.42. The third-order valence-electron chi connectivity index (χ3n) is 3.64. The van der Waals surface area contributed by atoms with Crippen LogP contribution in [-0.4, -0.2) is 54.4 Å². The molecule has 120 valence electrons. The smallest absolute Gasteiger partial charge is 0.260 e. The molecule has 1 fully saturated rings. The molecule has 1 aliphatic rings. The molecule has 5 nitrogen and oxygen atoms in total. The Morgan fingerprint density at radius 1 is 1.09 bits per heavy atom. The third-order valence-corrected chi connectivity index (χ3v) is 3.95. The number of nitrogens with zero attached hydrogens (tertiary/aromatic N) is 2. The lowest BCUT2D eigenvalue weighted by atomic mass is 10.2. The maximum absolute atomic E-state index is 12.1. The van der Waals surface area contributed by atoms with E-state index in [0.29, 0.717) is 43.4 Å². The molecule has 1 heterocycles. The van der Waals surface area contributed by atoms with E-state index in [9.17, 15) is 9.59 Å². The molecule has 0 unspecified atom stereocenters. The van der Waals surface area contributed by atoms with Gasteiger partial charge in [0.15, 0.2) is 6.61 Å². The average Bonchev–Trinajstić information content (AvgIpc) is 2.54. The highest BCUT2D eigenvalue weighted by Crippen LogP contribution is 2.23. The van der Waals surface area contributed by atoms with Gasteiger partial charge in [-0.1, -0.05) is 30.7 Å². The number of para-hydroxylation sites is 1. The summed E-state index contributed by atoms with van der Waals surface area (Å²) < 4.78 is 5.46. The van der Waals surface area contributed by atoms with E-state index < -0.39 is 0 Å². The van der Waals surface area contributed by atoms with E-state index in [1.54, 1.807) is 17.0 Å². The summed E-state index contributed by atoms with van der Waals surface area (Å²) in [5.41, 5.74) is 0. The van der Waals surface area contributed by atoms with Gasteiger partial charge in [-0.05, 0) is 18.6 Å². The molecule has 1 aromatic rings. The van der Waals surface area contributed by atoms with Crippen LogP contribution in [0.3, 0.4) is 0 Å². The first-order chi connectivity index (χ1) is 10.6. The van der Waals surface area contributed by atoms with Gasteiger partial charge in [0, 0.05) is 32.6 Å². The fraction of sp³-hybridized carbons (Fsp3) is 0.500. The third kappa shape index (κ3) is 4.37. The number of rotatable bonds is 5. The lowest BCUT2D eigenvalue weighted by molar-refractivity contribution is -0.140. The van der Waals surface area contributed by atoms with Gasteiger partial charge in [0.05, 0.1) is 5.02 Å². The summed E-state index contributed by atoms with van der Waals surface area (Å²) >= 11 is 5.98. The minimum absolute atomic E-state index is 0.0351. The van der Waals surface area contributed by atoms with Crippen LogP contribution in [-0.2, 0) is 9.59 Å². The zero-order valence-corrected chi connectivity index (χ0v) is 13.5. The molecule has 0 atom stereocenters. The number of amides is 2. The predicted octanol–water partition coefficient (Wildman–Crippen LogP) is 2.19. The molecular formula is C16H21ClN2O3. The van der Waals surface area contributed by atoms with Gasteiger partial charge in [0.25, 0.3) is 5.91 Å². The van der Waals surface area contributed by atoms with Gasteiger partial charge in [-0.25, -0.2) is 0 Å². The molecule has 0 aliphatic carbocycles. The monoisotopic (exact) mass is 324 g/mol. The highest BCUT2D eigenvalue weighted by Gasteiger charge is 2.23. The van der Waals surface area contributed by atoms with Crippen LogP contribution in [0.25, 0.3) is 0 Å². The summed E-state index contributed by atoms with van der Waals surface area (Å²) in [6.45, 7) is 4.25. The Hall–Kier alpha value is -1.75. The topological polar surface area (TPSA) is 49.9 Å². The van der Waals surface area contributed by atoms with Crippen molar-refractivity contribution in [3.63, 3.8) is 0 Å². The van der Waals surface area contributed by atoms with E-state index in [1.165, 1.54) is 0 Å². The molecule has 0 N–H and O–H groups in total. The Kier molecular flexibility index (Phi) is 6.07. The van der Waals surface area contributed by atoms with Gasteiger partial charge < -0.3 is 14.5 Å². The van der Waals surface area contributed by atoms with Crippen molar-refractivity contribution in [2.45, 2.75) is 19.8 Å². The minimum Gasteiger partial charge on any atom is -0.482 e. The summed E-state index contributed by atoms with van der Waals surface area (Å²) in [6, 6.07) is 7.07. The maximum atomic E-state index is 12.1. The number of carbonyl (C=O) groups is 2. The minimum atomic E-state index is -0.0810. The van der Waals surface area contributed by atoms with E-state index in [1.807, 2.05) is 24.0 Å². The van der Waals surface area contributed by atoms with E-state index in [-0.39, 0.29) is 18.4 Å². The molecule has 1 aromatic carbocycles. The molecule has 0 aromatic heterocycles. The van der Waals surface area contributed by atoms with Crippen LogP contribution >= 0.6 is 11.6 Å². The molecule has 0 saturated carbocycles. The molecule has 0 radical (unpaired) electrons. The second kappa shape index (κ2) is 8.03. The lowest BCUT2D eigenvalue weighted by Gasteiger charge is -2.34. The molecular weight excluding hydrogens is 304 g/mol. The highest BCUT2D eigenvalue weighted by atomic mass is 35.5. The molecule has 22 heavy (non-hydrogen) atoms. The number of benzene rings is 1. The number of halogens is 1. The summed E-state index contributed by atoms with van der Waals surface area (Å²) in [4.78, 5) is 27.5. The van der Waals surface area contributed by atoms with E-state index in [0.717, 1.165) is 6.42 Å². The standard InChI is InChI=1S/C16H21ClN2O3/c1-2-5-15(20)18-8-10-19(11-9-18)16(21)12-22-14-7-4-3-6-13(14)17/h3-4,6-7H,2,5,8-12H2,1H3. The number of carbonyl (C=O) groups excluding carboxylic acids is 2. The summed E-state index contributed by atoms with van der Waals surface area (Å²) in [5.74, 6) is 0.596. The van der Waals surface area contributed by atoms with Crippen molar-refractivity contribution in [1.29, 1.82) is 0 Å². The van der Waals surface area contributed by atoms with Crippen molar-refractivity contribution >= 4 is 23.4 Å². The maximum Gasteiger partial charge on any atom is 0.260 e. The van der Waals surface area contributed by atoms with Crippen LogP contribution in [0.15, 0.2) is 24.3 Å². The quantitative estimate of drug-likeness (QED) is 0.834. The second-order valence-electron chi connectivity index (χ2n) is 5.23. The number of hydrogen-bond donors (Lipinski definition) is 0. The predicted molar refractivity (Wildman–Crippen MR) is 85.0 cm³/mol. The van der Waals surface area contributed by atoms with Crippen LogP contribution in [0.5, 0.6) is 5.75 Å². The van der Waals surface area contributed by atoms with Gasteiger partial charge in [0.1, 0.15) is 5.75 Å². The van der Waals surface area contributed by atoms with Gasteiger partial charge in [-0.3, -0.25) is 9.59 Å². The number of hydrogen-bond acceptors (Lipinski definition) is 3. The highest BCUT2D eigenvalue weighted by molar-refractivity contribution is 6.32. The Bertz CT molecular complexity index is 528. The molecule has 0 bridgehead atoms. The Morgan fingerprint density at radius 2 is 1.68 bits per heavy atom. The zero-order valence-electron chi connectivity index (χ0n) is 12.8. The lowest BCUT2D eigenvalue weighted by Crippen LogP contribution is -2.51. The van der Waals surface area contributed by atoms with Gasteiger partial charge in [0.2, 0.25) is 5.91 Å². The van der Waals surface area contributed by atoms with Crippen molar-refractivity contribution < 1.29 is 14.3 Å². The number of piperazine rings is 1. The first-order valence-corrected chi connectivity index (χ1v) is 7.92. The van der Waals surface area contributed by atoms with Crippen molar-refractivity contribution in [2.75, 3.05) is 32.8 Å². The Labute approximate surface area is 135 Å². The van der Waals surface area contributed by atoms with Crippen molar-refractivity contribution in [3.05, 3.63) is 29.3 Å². The van der Waals surface area contributed by atoms with Crippen molar-refractivity contribution in [2.24, 2.45) is 0 Å². The van der Waals surface area contributed by atoms with Crippen LogP contribution in [0.4, 0.5) is 0 Å². The fourth-order valence-corrected chi connectivity index (χ4v) is 2.56. The van der Waals surface area contributed by atoms with E-state index in [4.69, 9.17) is 16.3 Å². The largest absolute Gasteiger partial charge is 0.482 e. The van der Waals surface area contributed by atoms with E-state index >= 15 is 0 Å². The van der Waals surface area contributed by atoms with Crippen LogP contribution in [0.1, 0.15) is 19.8 Å². The molecule has 0 spiro atoms. The Morgan fingerprint density at radius 3 is 2.27 bits per heavy atom. The van der Waals surface area contributed by atoms with Crippen LogP contribution in [0.2, 0.25) is 5.02 Å². The molecule has 1 aliphatic heterocycles. The fourth-order valence-electron chi connectivity index (χ4n) is 2.37. The van der Waals surface area contributed by atoms with Crippen molar-refractivity contribution in [1.82, 2.24) is 9.80 Å². The number of ether oxygens (including phenoxy) is 1. The van der Waals surface area contributed by atoms with Gasteiger partial charge >= 0.3 is 0 Å². The molecule has 2 rings (SSSR count). The SMILES string of the molecule is CCCC(=O)N1CCN(C(=O)COc2ccccc2Cl)CC1. The Balaban J connectivity index is 1.78. The zero-order chi connectivity index (χ0) is 15.9. The molecule has 1 saturated heterocycles. The summed E-state index contributed by atoms with van der Waals surface area (Å²) in [7, 11) is 0. The normalized spacial score (nSPS) is 14.8. The summed E-state index contributed by atoms with van der Waals surface area (Å²) in [5, 5.41) is 0.491. The van der Waals surface area contributed by atoms with Gasteiger partial charge in [-0.2, -0.15) is 0 Å². The first kappa shape index (κ1) is 16.6. The molecule has 6 heteroatoms. The molecule has 2 amide bonds. The van der Waals surface area contributed by atoms with Crippen LogP contribution < -0.4 is 4.74 Å².